The van der Waals surface area contributed by atoms with Gasteiger partial charge in [0.05, 0.1) is 19.9 Å². The third-order valence-corrected chi connectivity index (χ3v) is 6.64. The van der Waals surface area contributed by atoms with Crippen LogP contribution < -0.4 is 14.4 Å². The van der Waals surface area contributed by atoms with Crippen molar-refractivity contribution in [1.29, 1.82) is 0 Å². The molecule has 9 nitrogen and oxygen atoms in total. The Kier molecular flexibility index (Phi) is 8.78. The summed E-state index contributed by atoms with van der Waals surface area (Å²) in [5, 5.41) is 8.86. The maximum absolute atomic E-state index is 13.1. The maximum atomic E-state index is 13.1. The third-order valence-electron chi connectivity index (χ3n) is 6.64. The van der Waals surface area contributed by atoms with Crippen LogP contribution in [-0.4, -0.2) is 78.8 Å². The van der Waals surface area contributed by atoms with Gasteiger partial charge in [-0.2, -0.15) is 0 Å². The van der Waals surface area contributed by atoms with Crippen LogP contribution in [0.1, 0.15) is 19.4 Å². The van der Waals surface area contributed by atoms with Crippen LogP contribution in [0.2, 0.25) is 0 Å². The van der Waals surface area contributed by atoms with E-state index in [0.717, 1.165) is 16.9 Å². The van der Waals surface area contributed by atoms with Crippen molar-refractivity contribution in [1.82, 2.24) is 20.0 Å². The van der Waals surface area contributed by atoms with E-state index in [2.05, 4.69) is 15.1 Å². The van der Waals surface area contributed by atoms with E-state index in [0.29, 0.717) is 49.9 Å². The molecule has 2 heterocycles. The van der Waals surface area contributed by atoms with Gasteiger partial charge in [-0.3, -0.25) is 9.59 Å². The lowest BCUT2D eigenvalue weighted by Crippen LogP contribution is -2.52. The molecule has 1 fully saturated rings. The summed E-state index contributed by atoms with van der Waals surface area (Å²) in [6.07, 6.45) is 0. The third kappa shape index (κ3) is 6.40. The molecule has 0 saturated carbocycles. The van der Waals surface area contributed by atoms with Crippen LogP contribution in [0.3, 0.4) is 0 Å². The molecule has 0 atom stereocenters. The number of hydrogen-bond acceptors (Lipinski definition) is 7. The first kappa shape index (κ1) is 26.9. The SMILES string of the molecule is COc1ccc(-c2ccc(N3CCN(C(=O)CN(Cc4ccccc4)C(=O)C(C)C)CC3)nn2)c(OC)c1. The van der Waals surface area contributed by atoms with Crippen LogP contribution in [0, 0.1) is 5.92 Å². The van der Waals surface area contributed by atoms with Gasteiger partial charge < -0.3 is 24.2 Å². The number of piperazine rings is 1. The summed E-state index contributed by atoms with van der Waals surface area (Å²) in [4.78, 5) is 31.6. The number of carbonyl (C=O) groups excluding carboxylic acids is 2. The van der Waals surface area contributed by atoms with E-state index in [9.17, 15) is 9.59 Å². The Labute approximate surface area is 224 Å². The number of benzene rings is 2. The minimum absolute atomic E-state index is 0.0234. The molecular formula is C29H35N5O4. The summed E-state index contributed by atoms with van der Waals surface area (Å²) in [7, 11) is 3.22. The molecule has 0 aliphatic carbocycles. The first-order chi connectivity index (χ1) is 18.4. The molecule has 200 valence electrons. The van der Waals surface area contributed by atoms with E-state index in [1.54, 1.807) is 19.1 Å². The molecule has 1 aliphatic rings. The zero-order valence-corrected chi connectivity index (χ0v) is 22.5. The second-order valence-corrected chi connectivity index (χ2v) is 9.55. The standard InChI is InChI=1S/C29H35N5O4/c1-21(2)29(36)34(19-22-8-6-5-7-9-22)20-28(35)33-16-14-32(15-17-33)27-13-12-25(30-31-27)24-11-10-23(37-3)18-26(24)38-4/h5-13,18,21H,14-17,19-20H2,1-4H3. The lowest BCUT2D eigenvalue weighted by molar-refractivity contribution is -0.143. The highest BCUT2D eigenvalue weighted by molar-refractivity contribution is 5.85. The summed E-state index contributed by atoms with van der Waals surface area (Å²) in [6.45, 7) is 6.62. The molecule has 0 unspecified atom stereocenters. The fraction of sp³-hybridized carbons (Fsp3) is 0.379. The summed E-state index contributed by atoms with van der Waals surface area (Å²) in [6, 6.07) is 19.2. The molecule has 2 aromatic carbocycles. The molecule has 9 heteroatoms. The molecule has 1 saturated heterocycles. The van der Waals surface area contributed by atoms with Crippen molar-refractivity contribution in [2.75, 3.05) is 51.8 Å². The predicted octanol–water partition coefficient (Wildman–Crippen LogP) is 3.49. The average Bonchev–Trinajstić information content (AvgIpc) is 2.96. The highest BCUT2D eigenvalue weighted by Gasteiger charge is 2.26. The van der Waals surface area contributed by atoms with Gasteiger partial charge in [-0.1, -0.05) is 44.2 Å². The van der Waals surface area contributed by atoms with Crippen LogP contribution in [0.15, 0.2) is 60.7 Å². The lowest BCUT2D eigenvalue weighted by atomic mass is 10.1. The number of nitrogens with zero attached hydrogens (tertiary/aromatic N) is 5. The van der Waals surface area contributed by atoms with Crippen LogP contribution in [-0.2, 0) is 16.1 Å². The van der Waals surface area contributed by atoms with Gasteiger partial charge in [0.2, 0.25) is 11.8 Å². The first-order valence-electron chi connectivity index (χ1n) is 12.8. The van der Waals surface area contributed by atoms with Gasteiger partial charge >= 0.3 is 0 Å². The first-order valence-corrected chi connectivity index (χ1v) is 12.8. The Bertz CT molecular complexity index is 1230. The fourth-order valence-electron chi connectivity index (χ4n) is 4.48. The van der Waals surface area contributed by atoms with Crippen LogP contribution in [0.5, 0.6) is 11.5 Å². The van der Waals surface area contributed by atoms with Gasteiger partial charge in [-0.25, -0.2) is 0 Å². The molecule has 3 aromatic rings. The van der Waals surface area contributed by atoms with Crippen LogP contribution in [0.4, 0.5) is 5.82 Å². The predicted molar refractivity (Wildman–Crippen MR) is 146 cm³/mol. The number of carbonyl (C=O) groups is 2. The number of methoxy groups -OCH3 is 2. The van der Waals surface area contributed by atoms with Crippen molar-refractivity contribution < 1.29 is 19.1 Å². The Morgan fingerprint density at radius 3 is 2.26 bits per heavy atom. The highest BCUT2D eigenvalue weighted by atomic mass is 16.5. The normalized spacial score (nSPS) is 13.4. The molecular weight excluding hydrogens is 482 g/mol. The molecule has 2 amide bonds. The van der Waals surface area contributed by atoms with Gasteiger partial charge in [0, 0.05) is 50.3 Å². The number of aromatic nitrogens is 2. The number of rotatable bonds is 9. The van der Waals surface area contributed by atoms with Gasteiger partial charge in [0.25, 0.3) is 0 Å². The molecule has 1 aromatic heterocycles. The molecule has 0 bridgehead atoms. The zero-order chi connectivity index (χ0) is 27.1. The van der Waals surface area contributed by atoms with Crippen molar-refractivity contribution in [2.45, 2.75) is 20.4 Å². The second kappa shape index (κ2) is 12.4. The van der Waals surface area contributed by atoms with Gasteiger partial charge in [-0.15, -0.1) is 10.2 Å². The fourth-order valence-corrected chi connectivity index (χ4v) is 4.48. The Morgan fingerprint density at radius 1 is 0.921 bits per heavy atom. The quantitative estimate of drug-likeness (QED) is 0.429. The van der Waals surface area contributed by atoms with Crippen LogP contribution >= 0.6 is 0 Å². The van der Waals surface area contributed by atoms with E-state index in [1.807, 2.05) is 79.4 Å². The smallest absolute Gasteiger partial charge is 0.242 e. The van der Waals surface area contributed by atoms with Gasteiger partial charge in [0.15, 0.2) is 5.82 Å². The monoisotopic (exact) mass is 517 g/mol. The van der Waals surface area contributed by atoms with Crippen LogP contribution in [0.25, 0.3) is 11.3 Å². The molecule has 1 aliphatic heterocycles. The minimum Gasteiger partial charge on any atom is -0.497 e. The summed E-state index contributed by atoms with van der Waals surface area (Å²) >= 11 is 0. The van der Waals surface area contributed by atoms with Gasteiger partial charge in [0.1, 0.15) is 18.0 Å². The van der Waals surface area contributed by atoms with Crippen molar-refractivity contribution >= 4 is 17.6 Å². The Hall–Kier alpha value is -4.14. The summed E-state index contributed by atoms with van der Waals surface area (Å²) in [5.41, 5.74) is 2.54. The van der Waals surface area contributed by atoms with E-state index in [4.69, 9.17) is 9.47 Å². The molecule has 0 radical (unpaired) electrons. The van der Waals surface area contributed by atoms with E-state index in [-0.39, 0.29) is 24.3 Å². The minimum atomic E-state index is -0.178. The van der Waals surface area contributed by atoms with Crippen molar-refractivity contribution in [3.8, 4) is 22.8 Å². The van der Waals surface area contributed by atoms with E-state index >= 15 is 0 Å². The van der Waals surface area contributed by atoms with Crippen molar-refractivity contribution in [3.63, 3.8) is 0 Å². The topological polar surface area (TPSA) is 88.1 Å². The van der Waals surface area contributed by atoms with E-state index in [1.165, 1.54) is 0 Å². The average molecular weight is 518 g/mol. The molecule has 4 rings (SSSR count). The van der Waals surface area contributed by atoms with E-state index < -0.39 is 0 Å². The number of amides is 2. The molecule has 38 heavy (non-hydrogen) atoms. The zero-order valence-electron chi connectivity index (χ0n) is 22.5. The summed E-state index contributed by atoms with van der Waals surface area (Å²) in [5.74, 6) is 1.89. The Balaban J connectivity index is 1.36. The number of hydrogen-bond donors (Lipinski definition) is 0. The second-order valence-electron chi connectivity index (χ2n) is 9.55. The number of anilines is 1. The summed E-state index contributed by atoms with van der Waals surface area (Å²) < 4.78 is 10.8. The van der Waals surface area contributed by atoms with Crippen molar-refractivity contribution in [2.24, 2.45) is 5.92 Å². The maximum Gasteiger partial charge on any atom is 0.242 e. The molecule has 0 spiro atoms. The number of ether oxygens (including phenoxy) is 2. The Morgan fingerprint density at radius 2 is 1.66 bits per heavy atom. The van der Waals surface area contributed by atoms with Gasteiger partial charge in [-0.05, 0) is 29.8 Å². The lowest BCUT2D eigenvalue weighted by Gasteiger charge is -2.36. The highest BCUT2D eigenvalue weighted by Crippen LogP contribution is 2.32. The molecule has 0 N–H and O–H groups in total. The largest absolute Gasteiger partial charge is 0.497 e. The van der Waals surface area contributed by atoms with Crippen molar-refractivity contribution in [3.05, 3.63) is 66.2 Å².